The highest BCUT2D eigenvalue weighted by Crippen LogP contribution is 2.47. The summed E-state index contributed by atoms with van der Waals surface area (Å²) in [6, 6.07) is 11.3. The van der Waals surface area contributed by atoms with E-state index in [9.17, 15) is 23.2 Å². The van der Waals surface area contributed by atoms with Gasteiger partial charge in [0.05, 0.1) is 17.9 Å². The molecule has 15 nitrogen and oxygen atoms in total. The van der Waals surface area contributed by atoms with Crippen LogP contribution in [0.5, 0.6) is 0 Å². The van der Waals surface area contributed by atoms with Gasteiger partial charge in [0.2, 0.25) is 0 Å². The molecule has 328 valence electrons. The maximum Gasteiger partial charge on any atom is 0.410 e. The molecule has 1 saturated carbocycles. The first-order valence-electron chi connectivity index (χ1n) is 21.8. The van der Waals surface area contributed by atoms with Gasteiger partial charge in [0.15, 0.2) is 11.3 Å². The molecule has 3 saturated heterocycles. The van der Waals surface area contributed by atoms with Gasteiger partial charge in [-0.2, -0.15) is 10.2 Å². The van der Waals surface area contributed by atoms with E-state index < -0.39 is 23.6 Å². The average Bonchev–Trinajstić information content (AvgIpc) is 3.89. The lowest BCUT2D eigenvalue weighted by molar-refractivity contribution is -0.000384. The number of benzene rings is 1. The molecule has 1 aliphatic carbocycles. The van der Waals surface area contributed by atoms with Gasteiger partial charge in [0.1, 0.15) is 23.6 Å². The molecule has 0 radical (unpaired) electrons. The predicted octanol–water partition coefficient (Wildman–Crippen LogP) is 7.42. The molecule has 0 bridgehead atoms. The number of ether oxygens (including phenoxy) is 2. The standard InChI is InChI=1S/C44H58F2N10O5/c1-43(2,3)61-42(59)53-21-16-44(17-22-53)14-9-31(10-15-44)28-51-18-11-33(12-19-51)56-29-35(37(50-56)38(45)46)48-40(57)34-27-47-55-20-13-36(49-39(34)55)52-23-25-54(26-24-52)41(58)60-30-32-7-5-4-6-8-32/h4-8,13,20,27,29,31,33,38H,9-12,14-19,21-26,28,30H2,1-3H3,(H,48,57). The van der Waals surface area contributed by atoms with Crippen LogP contribution in [0.25, 0.3) is 5.65 Å². The molecule has 0 atom stereocenters. The molecule has 6 heterocycles. The number of piperazine rings is 1. The summed E-state index contributed by atoms with van der Waals surface area (Å²) >= 11 is 0. The highest BCUT2D eigenvalue weighted by atomic mass is 19.3. The molecule has 4 aromatic rings. The maximum atomic E-state index is 14.4. The predicted molar refractivity (Wildman–Crippen MR) is 225 cm³/mol. The molecule has 1 spiro atoms. The van der Waals surface area contributed by atoms with E-state index in [2.05, 4.69) is 20.4 Å². The largest absolute Gasteiger partial charge is 0.445 e. The molecule has 8 rings (SSSR count). The van der Waals surface area contributed by atoms with Crippen molar-refractivity contribution < 1.29 is 32.6 Å². The monoisotopic (exact) mass is 844 g/mol. The zero-order chi connectivity index (χ0) is 42.7. The number of anilines is 2. The lowest BCUT2D eigenvalue weighted by Gasteiger charge is -2.46. The SMILES string of the molecule is CC(C)(C)OC(=O)N1CCC2(CCC(CN3CCC(n4cc(NC(=O)c5cnn6ccc(N7CCN(C(=O)OCc8ccccc8)CC7)nc56)c(C(F)F)n4)CC3)CC2)CC1. The van der Waals surface area contributed by atoms with Crippen molar-refractivity contribution in [2.75, 3.05) is 69.1 Å². The Balaban J connectivity index is 0.816. The molecule has 4 fully saturated rings. The topological polar surface area (TPSA) is 143 Å². The van der Waals surface area contributed by atoms with Crippen molar-refractivity contribution >= 4 is 35.2 Å². The Morgan fingerprint density at radius 3 is 2.23 bits per heavy atom. The summed E-state index contributed by atoms with van der Waals surface area (Å²) in [5.74, 6) is 0.626. The van der Waals surface area contributed by atoms with E-state index in [1.165, 1.54) is 42.6 Å². The Labute approximate surface area is 355 Å². The van der Waals surface area contributed by atoms with Gasteiger partial charge < -0.3 is 34.4 Å². The van der Waals surface area contributed by atoms with Gasteiger partial charge >= 0.3 is 12.2 Å². The van der Waals surface area contributed by atoms with E-state index >= 15 is 0 Å². The minimum atomic E-state index is -2.88. The summed E-state index contributed by atoms with van der Waals surface area (Å²) < 4.78 is 42.9. The fourth-order valence-electron chi connectivity index (χ4n) is 9.36. The number of hydrogen-bond donors (Lipinski definition) is 1. The van der Waals surface area contributed by atoms with Crippen LogP contribution in [0.4, 0.5) is 29.9 Å². The smallest absolute Gasteiger partial charge is 0.410 e. The summed E-state index contributed by atoms with van der Waals surface area (Å²) in [6.07, 6.45) is 9.51. The fraction of sp³-hybridized carbons (Fsp3) is 0.591. The Kier molecular flexibility index (Phi) is 12.5. The number of alkyl halides is 2. The highest BCUT2D eigenvalue weighted by molar-refractivity contribution is 6.08. The number of amides is 3. The molecule has 17 heteroatoms. The van der Waals surface area contributed by atoms with E-state index in [0.29, 0.717) is 43.3 Å². The van der Waals surface area contributed by atoms with Crippen LogP contribution >= 0.6 is 0 Å². The van der Waals surface area contributed by atoms with Crippen molar-refractivity contribution in [3.8, 4) is 0 Å². The van der Waals surface area contributed by atoms with Crippen molar-refractivity contribution in [1.29, 1.82) is 0 Å². The second-order valence-electron chi connectivity index (χ2n) is 18.2. The number of rotatable bonds is 9. The summed E-state index contributed by atoms with van der Waals surface area (Å²) in [7, 11) is 0. The number of nitrogens with one attached hydrogen (secondary N) is 1. The Hall–Kier alpha value is -5.32. The third kappa shape index (κ3) is 10.1. The lowest BCUT2D eigenvalue weighted by Crippen LogP contribution is -2.49. The van der Waals surface area contributed by atoms with Crippen LogP contribution < -0.4 is 10.2 Å². The normalized spacial score (nSPS) is 19.5. The molecule has 3 aliphatic heterocycles. The van der Waals surface area contributed by atoms with E-state index in [4.69, 9.17) is 14.5 Å². The van der Waals surface area contributed by atoms with Crippen LogP contribution in [0.3, 0.4) is 0 Å². The van der Waals surface area contributed by atoms with Gasteiger partial charge in [-0.15, -0.1) is 0 Å². The van der Waals surface area contributed by atoms with Crippen LogP contribution in [-0.2, 0) is 16.1 Å². The van der Waals surface area contributed by atoms with Gasteiger partial charge in [-0.25, -0.2) is 27.9 Å². The number of aromatic nitrogens is 5. The number of carbonyl (C=O) groups excluding carboxylic acids is 3. The molecule has 3 aromatic heterocycles. The summed E-state index contributed by atoms with van der Waals surface area (Å²) in [4.78, 5) is 51.7. The van der Waals surface area contributed by atoms with E-state index in [-0.39, 0.29) is 41.7 Å². The fourth-order valence-corrected chi connectivity index (χ4v) is 9.36. The van der Waals surface area contributed by atoms with Crippen molar-refractivity contribution in [3.05, 3.63) is 71.8 Å². The number of piperidine rings is 2. The minimum absolute atomic E-state index is 0.0266. The molecule has 4 aliphatic rings. The summed E-state index contributed by atoms with van der Waals surface area (Å²) in [6.45, 7) is 12.1. The Morgan fingerprint density at radius 2 is 1.56 bits per heavy atom. The zero-order valence-corrected chi connectivity index (χ0v) is 35.5. The summed E-state index contributed by atoms with van der Waals surface area (Å²) in [5.41, 5.74) is 0.692. The second kappa shape index (κ2) is 18.0. The third-order valence-corrected chi connectivity index (χ3v) is 13.0. The van der Waals surface area contributed by atoms with Gasteiger partial charge in [-0.1, -0.05) is 30.3 Å². The number of nitrogens with zero attached hydrogens (tertiary/aromatic N) is 9. The maximum absolute atomic E-state index is 14.4. The first-order chi connectivity index (χ1) is 29.3. The quantitative estimate of drug-likeness (QED) is 0.181. The number of fused-ring (bicyclic) bond motifs is 1. The van der Waals surface area contributed by atoms with Crippen LogP contribution in [0.15, 0.2) is 55.0 Å². The third-order valence-electron chi connectivity index (χ3n) is 13.0. The first-order valence-corrected chi connectivity index (χ1v) is 21.8. The molecule has 1 aromatic carbocycles. The molecular weight excluding hydrogens is 787 g/mol. The number of halogens is 2. The van der Waals surface area contributed by atoms with Crippen molar-refractivity contribution in [1.82, 2.24) is 39.1 Å². The average molecular weight is 845 g/mol. The van der Waals surface area contributed by atoms with Gasteiger partial charge in [-0.3, -0.25) is 9.48 Å². The first kappa shape index (κ1) is 42.4. The highest BCUT2D eigenvalue weighted by Gasteiger charge is 2.40. The van der Waals surface area contributed by atoms with Crippen LogP contribution in [0.1, 0.15) is 106 Å². The number of carbonyl (C=O) groups is 3. The molecule has 1 N–H and O–H groups in total. The van der Waals surface area contributed by atoms with Gasteiger partial charge in [0.25, 0.3) is 12.3 Å². The van der Waals surface area contributed by atoms with Crippen LogP contribution in [0.2, 0.25) is 0 Å². The molecular formula is C44H58F2N10O5. The van der Waals surface area contributed by atoms with E-state index in [1.807, 2.05) is 60.9 Å². The zero-order valence-electron chi connectivity index (χ0n) is 35.5. The molecule has 0 unspecified atom stereocenters. The minimum Gasteiger partial charge on any atom is -0.445 e. The Bertz CT molecular complexity index is 2140. The van der Waals surface area contributed by atoms with E-state index in [0.717, 1.165) is 64.0 Å². The van der Waals surface area contributed by atoms with Crippen molar-refractivity contribution in [2.24, 2.45) is 11.3 Å². The van der Waals surface area contributed by atoms with Gasteiger partial charge in [-0.05, 0) is 95.1 Å². The van der Waals surface area contributed by atoms with Crippen LogP contribution in [-0.4, -0.2) is 122 Å². The lowest BCUT2D eigenvalue weighted by atomic mass is 9.65. The molecule has 3 amide bonds. The second-order valence-corrected chi connectivity index (χ2v) is 18.2. The van der Waals surface area contributed by atoms with E-state index in [1.54, 1.807) is 21.8 Å². The molecule has 61 heavy (non-hydrogen) atoms. The van der Waals surface area contributed by atoms with Crippen molar-refractivity contribution in [2.45, 2.75) is 96.8 Å². The number of hydrogen-bond acceptors (Lipinski definition) is 10. The Morgan fingerprint density at radius 1 is 0.869 bits per heavy atom. The summed E-state index contributed by atoms with van der Waals surface area (Å²) in [5, 5.41) is 11.3. The van der Waals surface area contributed by atoms with Crippen LogP contribution in [0, 0.1) is 11.3 Å². The number of likely N-dealkylation sites (tertiary alicyclic amines) is 2. The van der Waals surface area contributed by atoms with Crippen molar-refractivity contribution in [3.63, 3.8) is 0 Å². The van der Waals surface area contributed by atoms with Gasteiger partial charge in [0, 0.05) is 71.3 Å².